The van der Waals surface area contributed by atoms with Crippen molar-refractivity contribution in [1.82, 2.24) is 19.5 Å². The van der Waals surface area contributed by atoms with E-state index in [0.29, 0.717) is 11.6 Å². The first kappa shape index (κ1) is 31.8. The van der Waals surface area contributed by atoms with Crippen molar-refractivity contribution in [2.24, 2.45) is 13.0 Å². The number of para-hydroxylation sites is 3. The number of fused-ring (bicyclic) bond motifs is 4. The minimum atomic E-state index is -1.86. The summed E-state index contributed by atoms with van der Waals surface area (Å²) >= 11 is -1.86. The molecule has 0 atom stereocenters. The van der Waals surface area contributed by atoms with Crippen molar-refractivity contribution < 1.29 is 24.5 Å². The molecule has 7 aromatic rings. The van der Waals surface area contributed by atoms with Gasteiger partial charge >= 0.3 is 126 Å². The predicted molar refractivity (Wildman–Crippen MR) is 180 cm³/mol. The molecule has 0 saturated carbocycles. The minimum absolute atomic E-state index is 0. The molecule has 4 aromatic heterocycles. The smallest absolute Gasteiger partial charge is 0.141 e. The molecule has 0 aliphatic heterocycles. The molecule has 0 saturated heterocycles. The molecule has 0 aliphatic rings. The average Bonchev–Trinajstić information content (AvgIpc) is 3.54. The van der Waals surface area contributed by atoms with Gasteiger partial charge in [-0.1, -0.05) is 35.9 Å². The molecule has 225 valence electrons. The Hall–Kier alpha value is -3.58. The van der Waals surface area contributed by atoms with Crippen molar-refractivity contribution >= 4 is 50.8 Å². The molecule has 4 heterocycles. The van der Waals surface area contributed by atoms with Gasteiger partial charge in [-0.25, -0.2) is 0 Å². The molecule has 0 unspecified atom stereocenters. The Morgan fingerprint density at radius 1 is 0.886 bits per heavy atom. The van der Waals surface area contributed by atoms with Gasteiger partial charge < -0.3 is 14.0 Å². The summed E-state index contributed by atoms with van der Waals surface area (Å²) in [7, 11) is 2.01. The van der Waals surface area contributed by atoms with Gasteiger partial charge in [0.15, 0.2) is 0 Å². The van der Waals surface area contributed by atoms with Gasteiger partial charge in [0.05, 0.1) is 16.9 Å². The first-order valence-corrected chi connectivity index (χ1v) is 22.1. The van der Waals surface area contributed by atoms with Gasteiger partial charge in [0.25, 0.3) is 0 Å². The van der Waals surface area contributed by atoms with Crippen molar-refractivity contribution in [2.45, 2.75) is 37.5 Å². The van der Waals surface area contributed by atoms with E-state index in [9.17, 15) is 0 Å². The summed E-state index contributed by atoms with van der Waals surface area (Å²) < 4.78 is 9.37. The summed E-state index contributed by atoms with van der Waals surface area (Å²) in [5, 5.41) is 2.05. The molecule has 0 N–H and O–H groups in total. The van der Waals surface area contributed by atoms with Gasteiger partial charge in [0.2, 0.25) is 0 Å². The second-order valence-electron chi connectivity index (χ2n) is 12.4. The van der Waals surface area contributed by atoms with Crippen LogP contribution in [-0.2, 0) is 33.6 Å². The number of imidazole rings is 1. The average molecular weight is 818 g/mol. The van der Waals surface area contributed by atoms with E-state index in [0.717, 1.165) is 56.5 Å². The van der Waals surface area contributed by atoms with Crippen LogP contribution in [0, 0.1) is 18.2 Å². The number of pyridine rings is 2. The Morgan fingerprint density at radius 2 is 1.64 bits per heavy atom. The van der Waals surface area contributed by atoms with Crippen LogP contribution in [0.2, 0.25) is 17.3 Å². The molecule has 0 spiro atoms. The summed E-state index contributed by atoms with van der Waals surface area (Å²) in [6.07, 6.45) is 6.34. The summed E-state index contributed by atoms with van der Waals surface area (Å²) in [4.78, 5) is 13.8. The number of aryl methyl sites for hydroxylation is 1. The second-order valence-corrected chi connectivity index (χ2v) is 23.0. The zero-order valence-corrected chi connectivity index (χ0v) is 30.5. The molecule has 1 radical (unpaired) electrons. The van der Waals surface area contributed by atoms with Gasteiger partial charge in [-0.15, -0.1) is 6.07 Å². The minimum Gasteiger partial charge on any atom is -0.483 e. The maximum Gasteiger partial charge on any atom is 0.141 e. The van der Waals surface area contributed by atoms with Gasteiger partial charge in [-0.2, -0.15) is 0 Å². The van der Waals surface area contributed by atoms with E-state index in [-0.39, 0.29) is 20.1 Å². The molecule has 0 fully saturated rings. The number of aromatic nitrogens is 4. The predicted octanol–water partition coefficient (Wildman–Crippen LogP) is 8.62. The Bertz CT molecular complexity index is 2040. The number of hydrogen-bond donors (Lipinski definition) is 0. The Kier molecular flexibility index (Phi) is 9.54. The molecule has 0 bridgehead atoms. The molecule has 0 amide bonds. The zero-order chi connectivity index (χ0) is 30.1. The summed E-state index contributed by atoms with van der Waals surface area (Å²) in [6.45, 7) is 4.57. The van der Waals surface area contributed by atoms with Crippen LogP contribution < -0.4 is 4.40 Å². The molecular formula is C37H36GeIrN4O-2. The topological polar surface area (TPSA) is 56.7 Å². The molecule has 3 aromatic carbocycles. The van der Waals surface area contributed by atoms with E-state index in [1.165, 1.54) is 5.56 Å². The van der Waals surface area contributed by atoms with E-state index < -0.39 is 13.3 Å². The molecule has 7 heteroatoms. The van der Waals surface area contributed by atoms with Gasteiger partial charge in [-0.3, -0.25) is 4.98 Å². The van der Waals surface area contributed by atoms with E-state index in [2.05, 4.69) is 83.4 Å². The largest absolute Gasteiger partial charge is 0.483 e. The van der Waals surface area contributed by atoms with Gasteiger partial charge in [-0.05, 0) is 29.8 Å². The third-order valence-corrected chi connectivity index (χ3v) is 12.0. The van der Waals surface area contributed by atoms with Crippen molar-refractivity contribution in [3.8, 4) is 22.6 Å². The van der Waals surface area contributed by atoms with Crippen molar-refractivity contribution in [3.63, 3.8) is 0 Å². The first-order chi connectivity index (χ1) is 20.7. The van der Waals surface area contributed by atoms with Crippen molar-refractivity contribution in [3.05, 3.63) is 109 Å². The monoisotopic (exact) mass is 819 g/mol. The second kappa shape index (κ2) is 13.2. The number of benzene rings is 3. The van der Waals surface area contributed by atoms with Crippen LogP contribution in [0.15, 0.2) is 95.5 Å². The Morgan fingerprint density at radius 3 is 2.36 bits per heavy atom. The number of rotatable bonds is 5. The van der Waals surface area contributed by atoms with E-state index in [1.807, 2.05) is 67.7 Å². The molecule has 7 rings (SSSR count). The molecular weight excluding hydrogens is 781 g/mol. The van der Waals surface area contributed by atoms with Crippen LogP contribution in [-0.4, -0.2) is 32.8 Å². The standard InChI is InChI=1S/C19H12N3O.C18H24GeN.Ir/c1-22-16-8-4-3-7-15(16)21-18(22)12-10-14-13-6-2-5-9-17(13)23-19(14)20-11-12;1-14(2)11-16-12-18(15-9-7-6-8-10-15)20-13-17(16)19(3,4)5;/h2-10H,1H3;6-9,12-14H,11H2,1-5H3;/q2*-1;. The van der Waals surface area contributed by atoms with Crippen LogP contribution >= 0.6 is 0 Å². The number of nitrogens with zero attached hydrogens (tertiary/aromatic N) is 4. The quantitative estimate of drug-likeness (QED) is 0.129. The summed E-state index contributed by atoms with van der Waals surface area (Å²) in [5.74, 6) is 8.85. The fraction of sp³-hybridized carbons (Fsp3) is 0.216. The molecule has 0 aliphatic carbocycles. The van der Waals surface area contributed by atoms with Crippen LogP contribution in [0.1, 0.15) is 19.4 Å². The number of hydrogen-bond acceptors (Lipinski definition) is 4. The fourth-order valence-corrected chi connectivity index (χ4v) is 8.88. The first-order valence-electron chi connectivity index (χ1n) is 14.8. The fourth-order valence-electron chi connectivity index (χ4n) is 5.54. The summed E-state index contributed by atoms with van der Waals surface area (Å²) in [6, 6.07) is 31.7. The normalized spacial score (nSPS) is 11.5. The third kappa shape index (κ3) is 6.58. The maximum absolute atomic E-state index is 5.76. The molecule has 5 nitrogen and oxygen atoms in total. The zero-order valence-electron chi connectivity index (χ0n) is 26.0. The van der Waals surface area contributed by atoms with E-state index in [4.69, 9.17) is 14.4 Å². The van der Waals surface area contributed by atoms with Gasteiger partial charge in [0, 0.05) is 32.5 Å². The summed E-state index contributed by atoms with van der Waals surface area (Å²) in [5.41, 5.74) is 8.00. The van der Waals surface area contributed by atoms with E-state index >= 15 is 0 Å². The van der Waals surface area contributed by atoms with Crippen LogP contribution in [0.5, 0.6) is 0 Å². The number of furan rings is 1. The van der Waals surface area contributed by atoms with Gasteiger partial charge in [0.1, 0.15) is 11.3 Å². The Balaban J connectivity index is 0.000000173. The Labute approximate surface area is 275 Å². The molecule has 44 heavy (non-hydrogen) atoms. The van der Waals surface area contributed by atoms with E-state index in [1.54, 1.807) is 4.40 Å². The maximum atomic E-state index is 5.76. The SMILES string of the molecule is CC(C)Cc1cc(-c2[c-]cccc2)nc[c]1[Ge]([CH3])([CH3])[CH3].Cn1c(-c2[c-]nc3oc4ccccc4c3c2)nc2ccccc21.[Ir]. The van der Waals surface area contributed by atoms with Crippen molar-refractivity contribution in [2.75, 3.05) is 0 Å². The third-order valence-electron chi connectivity index (χ3n) is 7.62. The van der Waals surface area contributed by atoms with Crippen LogP contribution in [0.3, 0.4) is 0 Å². The van der Waals surface area contributed by atoms with Crippen LogP contribution in [0.25, 0.3) is 55.7 Å². The van der Waals surface area contributed by atoms with Crippen LogP contribution in [0.4, 0.5) is 0 Å². The van der Waals surface area contributed by atoms with Crippen molar-refractivity contribution in [1.29, 1.82) is 0 Å².